The Morgan fingerprint density at radius 1 is 1.58 bits per heavy atom. The number of para-hydroxylation sites is 1. The summed E-state index contributed by atoms with van der Waals surface area (Å²) in [5, 5.41) is 13.4. The van der Waals surface area contributed by atoms with Crippen LogP contribution in [0.5, 0.6) is 0 Å². The normalized spacial score (nSPS) is 10.4. The minimum Gasteiger partial charge on any atom is -0.465 e. The van der Waals surface area contributed by atoms with E-state index in [0.717, 1.165) is 0 Å². The van der Waals surface area contributed by atoms with Crippen molar-refractivity contribution in [2.45, 2.75) is 6.92 Å². The van der Waals surface area contributed by atoms with Crippen molar-refractivity contribution < 1.29 is 18.9 Å². The number of aromatic nitrogens is 1. The molecule has 0 saturated heterocycles. The van der Waals surface area contributed by atoms with Gasteiger partial charge in [0, 0.05) is 6.07 Å². The number of oxazole rings is 1. The zero-order valence-electron chi connectivity index (χ0n) is 10.1. The van der Waals surface area contributed by atoms with Crippen LogP contribution in [0.15, 0.2) is 22.6 Å². The van der Waals surface area contributed by atoms with Crippen molar-refractivity contribution in [2.24, 2.45) is 0 Å². The van der Waals surface area contributed by atoms with Crippen molar-refractivity contribution in [1.82, 2.24) is 4.98 Å². The number of nitro benzene ring substituents is 1. The Hall–Kier alpha value is -2.64. The standard InChI is InChI=1S/C11H11N3O5/c1-2-18-9(15)6-12-11-13-10-7(14(16)17)4-3-5-8(10)19-11/h3-5H,2,6H2,1H3,(H,12,13). The molecule has 0 aliphatic carbocycles. The molecule has 0 bridgehead atoms. The van der Waals surface area contributed by atoms with Gasteiger partial charge in [-0.1, -0.05) is 6.07 Å². The summed E-state index contributed by atoms with van der Waals surface area (Å²) < 4.78 is 9.97. The smallest absolute Gasteiger partial charge is 0.325 e. The average Bonchev–Trinajstić information content (AvgIpc) is 2.79. The van der Waals surface area contributed by atoms with Crippen molar-refractivity contribution in [3.63, 3.8) is 0 Å². The van der Waals surface area contributed by atoms with E-state index in [1.165, 1.54) is 12.1 Å². The van der Waals surface area contributed by atoms with Crippen LogP contribution in [0.1, 0.15) is 6.92 Å². The van der Waals surface area contributed by atoms with Gasteiger partial charge in [-0.2, -0.15) is 4.98 Å². The number of nitrogens with zero attached hydrogens (tertiary/aromatic N) is 2. The Morgan fingerprint density at radius 3 is 3.05 bits per heavy atom. The molecule has 2 aromatic rings. The van der Waals surface area contributed by atoms with Gasteiger partial charge in [0.2, 0.25) is 0 Å². The lowest BCUT2D eigenvalue weighted by molar-refractivity contribution is -0.383. The predicted molar refractivity (Wildman–Crippen MR) is 65.8 cm³/mol. The van der Waals surface area contributed by atoms with Gasteiger partial charge in [-0.15, -0.1) is 0 Å². The molecule has 2 rings (SSSR count). The molecule has 1 aromatic carbocycles. The van der Waals surface area contributed by atoms with Crippen molar-refractivity contribution in [3.8, 4) is 0 Å². The number of carbonyl (C=O) groups excluding carboxylic acids is 1. The van der Waals surface area contributed by atoms with Gasteiger partial charge in [0.1, 0.15) is 6.54 Å². The van der Waals surface area contributed by atoms with E-state index in [2.05, 4.69) is 10.3 Å². The number of nitrogens with one attached hydrogen (secondary N) is 1. The monoisotopic (exact) mass is 265 g/mol. The quantitative estimate of drug-likeness (QED) is 0.498. The number of carbonyl (C=O) groups is 1. The molecule has 0 amide bonds. The highest BCUT2D eigenvalue weighted by molar-refractivity contribution is 5.84. The number of hydrogen-bond acceptors (Lipinski definition) is 7. The number of fused-ring (bicyclic) bond motifs is 1. The first-order valence-corrected chi connectivity index (χ1v) is 5.55. The third-order valence-corrected chi connectivity index (χ3v) is 2.28. The molecule has 0 radical (unpaired) electrons. The number of nitro groups is 1. The van der Waals surface area contributed by atoms with E-state index in [9.17, 15) is 14.9 Å². The van der Waals surface area contributed by atoms with Gasteiger partial charge in [-0.3, -0.25) is 14.9 Å². The number of non-ortho nitro benzene ring substituents is 1. The summed E-state index contributed by atoms with van der Waals surface area (Å²) in [7, 11) is 0. The second-order valence-electron chi connectivity index (χ2n) is 3.56. The molecule has 0 spiro atoms. The van der Waals surface area contributed by atoms with Gasteiger partial charge in [0.25, 0.3) is 11.7 Å². The van der Waals surface area contributed by atoms with Gasteiger partial charge in [0.15, 0.2) is 11.1 Å². The molecule has 0 unspecified atom stereocenters. The summed E-state index contributed by atoms with van der Waals surface area (Å²) in [6.07, 6.45) is 0. The predicted octanol–water partition coefficient (Wildman–Crippen LogP) is 1.71. The topological polar surface area (TPSA) is 108 Å². The summed E-state index contributed by atoms with van der Waals surface area (Å²) in [6.45, 7) is 1.86. The zero-order chi connectivity index (χ0) is 13.8. The second kappa shape index (κ2) is 5.34. The van der Waals surface area contributed by atoms with Crippen molar-refractivity contribution in [3.05, 3.63) is 28.3 Å². The molecule has 1 heterocycles. The fraction of sp³-hybridized carbons (Fsp3) is 0.273. The second-order valence-corrected chi connectivity index (χ2v) is 3.56. The van der Waals surface area contributed by atoms with Gasteiger partial charge in [0.05, 0.1) is 11.5 Å². The first-order valence-electron chi connectivity index (χ1n) is 5.55. The molecule has 0 aliphatic rings. The Morgan fingerprint density at radius 2 is 2.37 bits per heavy atom. The fourth-order valence-electron chi connectivity index (χ4n) is 1.52. The van der Waals surface area contributed by atoms with E-state index in [-0.39, 0.29) is 36.0 Å². The Bertz CT molecular complexity index is 622. The Labute approximate surface area is 107 Å². The minimum atomic E-state index is -0.542. The molecule has 0 fully saturated rings. The van der Waals surface area contributed by atoms with Crippen LogP contribution in [0.4, 0.5) is 11.7 Å². The zero-order valence-corrected chi connectivity index (χ0v) is 10.1. The fourth-order valence-corrected chi connectivity index (χ4v) is 1.52. The Balaban J connectivity index is 2.20. The van der Waals surface area contributed by atoms with Crippen molar-refractivity contribution >= 4 is 28.8 Å². The molecule has 8 heteroatoms. The highest BCUT2D eigenvalue weighted by Gasteiger charge is 2.17. The maximum absolute atomic E-state index is 11.1. The third-order valence-electron chi connectivity index (χ3n) is 2.28. The van der Waals surface area contributed by atoms with Gasteiger partial charge in [-0.25, -0.2) is 0 Å². The van der Waals surface area contributed by atoms with Crippen LogP contribution in [-0.2, 0) is 9.53 Å². The van der Waals surface area contributed by atoms with Gasteiger partial charge in [-0.05, 0) is 13.0 Å². The lowest BCUT2D eigenvalue weighted by Crippen LogP contribution is -2.16. The highest BCUT2D eigenvalue weighted by atomic mass is 16.6. The van der Waals surface area contributed by atoms with Crippen LogP contribution < -0.4 is 5.32 Å². The first kappa shape index (κ1) is 12.8. The summed E-state index contributed by atoms with van der Waals surface area (Å²) >= 11 is 0. The van der Waals surface area contributed by atoms with E-state index in [1.807, 2.05) is 0 Å². The van der Waals surface area contributed by atoms with Crippen LogP contribution in [0.2, 0.25) is 0 Å². The molecule has 0 atom stereocenters. The van der Waals surface area contributed by atoms with Crippen LogP contribution >= 0.6 is 0 Å². The summed E-state index contributed by atoms with van der Waals surface area (Å²) in [5.74, 6) is -0.459. The van der Waals surface area contributed by atoms with Crippen LogP contribution in [0.25, 0.3) is 11.1 Å². The Kier molecular flexibility index (Phi) is 3.60. The van der Waals surface area contributed by atoms with Crippen LogP contribution in [0.3, 0.4) is 0 Å². The largest absolute Gasteiger partial charge is 0.465 e. The molecule has 19 heavy (non-hydrogen) atoms. The minimum absolute atomic E-state index is 0.0392. The van der Waals surface area contributed by atoms with E-state index in [4.69, 9.17) is 9.15 Å². The lowest BCUT2D eigenvalue weighted by atomic mass is 10.3. The third kappa shape index (κ3) is 2.79. The van der Waals surface area contributed by atoms with Crippen LogP contribution in [-0.4, -0.2) is 29.0 Å². The molecule has 0 aliphatic heterocycles. The number of hydrogen-bond donors (Lipinski definition) is 1. The van der Waals surface area contributed by atoms with Crippen molar-refractivity contribution in [1.29, 1.82) is 0 Å². The van der Waals surface area contributed by atoms with E-state index in [0.29, 0.717) is 0 Å². The number of benzene rings is 1. The molecular formula is C11H11N3O5. The average molecular weight is 265 g/mol. The molecule has 1 N–H and O–H groups in total. The summed E-state index contributed by atoms with van der Waals surface area (Å²) in [5.41, 5.74) is 0.268. The maximum atomic E-state index is 11.1. The number of rotatable bonds is 5. The molecule has 100 valence electrons. The molecule has 1 aromatic heterocycles. The van der Waals surface area contributed by atoms with Gasteiger partial charge >= 0.3 is 5.97 Å². The first-order chi connectivity index (χ1) is 9.11. The van der Waals surface area contributed by atoms with E-state index >= 15 is 0 Å². The van der Waals surface area contributed by atoms with Crippen LogP contribution in [0, 0.1) is 10.1 Å². The number of esters is 1. The maximum Gasteiger partial charge on any atom is 0.325 e. The van der Waals surface area contributed by atoms with E-state index in [1.54, 1.807) is 13.0 Å². The van der Waals surface area contributed by atoms with E-state index < -0.39 is 10.9 Å². The summed E-state index contributed by atoms with van der Waals surface area (Å²) in [4.78, 5) is 25.3. The molecular weight excluding hydrogens is 254 g/mol. The molecule has 8 nitrogen and oxygen atoms in total. The van der Waals surface area contributed by atoms with Gasteiger partial charge < -0.3 is 14.5 Å². The number of anilines is 1. The highest BCUT2D eigenvalue weighted by Crippen LogP contribution is 2.27. The van der Waals surface area contributed by atoms with Crippen molar-refractivity contribution in [2.75, 3.05) is 18.5 Å². The SMILES string of the molecule is CCOC(=O)CNc1nc2c([N+](=O)[O-])cccc2o1. The lowest BCUT2D eigenvalue weighted by Gasteiger charge is -2.00. The molecule has 0 saturated carbocycles. The summed E-state index contributed by atoms with van der Waals surface area (Å²) in [6, 6.07) is 4.43. The number of ether oxygens (including phenoxy) is 1.